The number of carbonyl (C=O) groups excluding carboxylic acids is 1. The molecule has 0 aliphatic carbocycles. The van der Waals surface area contributed by atoms with Crippen LogP contribution in [0, 0.1) is 5.41 Å². The highest BCUT2D eigenvalue weighted by molar-refractivity contribution is 5.74. The van der Waals surface area contributed by atoms with Gasteiger partial charge in [-0.05, 0) is 17.9 Å². The van der Waals surface area contributed by atoms with E-state index < -0.39 is 0 Å². The maximum atomic E-state index is 10.3. The van der Waals surface area contributed by atoms with Gasteiger partial charge >= 0.3 is 0 Å². The molecule has 0 unspecified atom stereocenters. The van der Waals surface area contributed by atoms with Gasteiger partial charge in [-0.2, -0.15) is 0 Å². The predicted octanol–water partition coefficient (Wildman–Crippen LogP) is 2.18. The largest absolute Gasteiger partial charge is 0.298 e. The van der Waals surface area contributed by atoms with Crippen LogP contribution in [-0.4, -0.2) is 6.29 Å². The Morgan fingerprint density at radius 2 is 1.78 bits per heavy atom. The molecule has 0 aromatic heterocycles. The third-order valence-electron chi connectivity index (χ3n) is 1.30. The molecule has 0 aromatic carbocycles. The van der Waals surface area contributed by atoms with E-state index >= 15 is 0 Å². The van der Waals surface area contributed by atoms with Crippen LogP contribution < -0.4 is 0 Å². The summed E-state index contributed by atoms with van der Waals surface area (Å²) in [6.45, 7) is 7.96. The molecule has 52 valence electrons. The molecule has 0 aliphatic rings. The van der Waals surface area contributed by atoms with Crippen molar-refractivity contribution in [1.82, 2.24) is 0 Å². The Hall–Kier alpha value is -0.590. The lowest BCUT2D eigenvalue weighted by atomic mass is 9.87. The van der Waals surface area contributed by atoms with Crippen molar-refractivity contribution in [2.45, 2.75) is 27.7 Å². The maximum Gasteiger partial charge on any atom is 0.146 e. The monoisotopic (exact) mass is 126 g/mol. The molecule has 0 spiro atoms. The Bertz CT molecular complexity index is 126. The van der Waals surface area contributed by atoms with Crippen LogP contribution >= 0.6 is 0 Å². The smallest absolute Gasteiger partial charge is 0.146 e. The van der Waals surface area contributed by atoms with Gasteiger partial charge in [-0.1, -0.05) is 26.8 Å². The number of hydrogen-bond acceptors (Lipinski definition) is 1. The van der Waals surface area contributed by atoms with Crippen molar-refractivity contribution in [2.75, 3.05) is 0 Å². The van der Waals surface area contributed by atoms with Crippen LogP contribution in [0.4, 0.5) is 0 Å². The number of allylic oxidation sites excluding steroid dienone is 2. The van der Waals surface area contributed by atoms with E-state index in [1.54, 1.807) is 0 Å². The van der Waals surface area contributed by atoms with Crippen LogP contribution in [0.15, 0.2) is 11.6 Å². The fourth-order valence-corrected chi connectivity index (χ4v) is 0.678. The van der Waals surface area contributed by atoms with Gasteiger partial charge in [0.25, 0.3) is 0 Å². The van der Waals surface area contributed by atoms with Crippen molar-refractivity contribution in [1.29, 1.82) is 0 Å². The van der Waals surface area contributed by atoms with E-state index in [0.29, 0.717) is 0 Å². The van der Waals surface area contributed by atoms with Crippen LogP contribution in [0.5, 0.6) is 0 Å². The summed E-state index contributed by atoms with van der Waals surface area (Å²) in [5, 5.41) is 0. The highest BCUT2D eigenvalue weighted by Crippen LogP contribution is 2.22. The molecule has 0 amide bonds. The molecule has 0 rings (SSSR count). The quantitative estimate of drug-likeness (QED) is 0.389. The van der Waals surface area contributed by atoms with E-state index in [1.807, 2.05) is 33.8 Å². The minimum Gasteiger partial charge on any atom is -0.298 e. The highest BCUT2D eigenvalue weighted by Gasteiger charge is 2.14. The summed E-state index contributed by atoms with van der Waals surface area (Å²) in [5.74, 6) is 0. The molecule has 9 heavy (non-hydrogen) atoms. The second-order valence-corrected chi connectivity index (χ2v) is 3.11. The second-order valence-electron chi connectivity index (χ2n) is 3.11. The van der Waals surface area contributed by atoms with E-state index in [-0.39, 0.29) is 5.41 Å². The second kappa shape index (κ2) is 2.81. The number of hydrogen-bond donors (Lipinski definition) is 0. The first-order valence-corrected chi connectivity index (χ1v) is 3.14. The summed E-state index contributed by atoms with van der Waals surface area (Å²) in [6.07, 6.45) is 2.77. The van der Waals surface area contributed by atoms with Crippen LogP contribution in [0.2, 0.25) is 0 Å². The maximum absolute atomic E-state index is 10.3. The van der Waals surface area contributed by atoms with Gasteiger partial charge in [-0.3, -0.25) is 4.79 Å². The molecule has 0 fully saturated rings. The molecule has 0 aromatic rings. The first-order chi connectivity index (χ1) is 4.02. The first-order valence-electron chi connectivity index (χ1n) is 3.14. The predicted molar refractivity (Wildman–Crippen MR) is 39.3 cm³/mol. The molecule has 0 N–H and O–H groups in total. The van der Waals surface area contributed by atoms with Gasteiger partial charge in [0.2, 0.25) is 0 Å². The Labute approximate surface area is 56.8 Å². The lowest BCUT2D eigenvalue weighted by Gasteiger charge is -2.17. The average molecular weight is 126 g/mol. The van der Waals surface area contributed by atoms with Gasteiger partial charge in [0.05, 0.1) is 0 Å². The van der Waals surface area contributed by atoms with Crippen LogP contribution in [0.3, 0.4) is 0 Å². The van der Waals surface area contributed by atoms with Crippen molar-refractivity contribution in [3.8, 4) is 0 Å². The fraction of sp³-hybridized carbons (Fsp3) is 0.625. The van der Waals surface area contributed by atoms with Crippen molar-refractivity contribution in [3.05, 3.63) is 11.6 Å². The van der Waals surface area contributed by atoms with E-state index in [4.69, 9.17) is 0 Å². The van der Waals surface area contributed by atoms with E-state index in [2.05, 4.69) is 0 Å². The molecule has 0 bridgehead atoms. The van der Waals surface area contributed by atoms with Crippen molar-refractivity contribution in [3.63, 3.8) is 0 Å². The molecule has 0 atom stereocenters. The molecule has 1 nitrogen and oxygen atoms in total. The third-order valence-corrected chi connectivity index (χ3v) is 1.30. The lowest BCUT2D eigenvalue weighted by Crippen LogP contribution is -2.09. The summed E-state index contributed by atoms with van der Waals surface area (Å²) in [6, 6.07) is 0. The lowest BCUT2D eigenvalue weighted by molar-refractivity contribution is -0.105. The third kappa shape index (κ3) is 2.45. The van der Waals surface area contributed by atoms with Crippen LogP contribution in [-0.2, 0) is 4.79 Å². The van der Waals surface area contributed by atoms with E-state index in [1.165, 1.54) is 0 Å². The fourth-order valence-electron chi connectivity index (χ4n) is 0.678. The zero-order valence-electron chi connectivity index (χ0n) is 6.56. The highest BCUT2D eigenvalue weighted by atomic mass is 16.1. The minimum absolute atomic E-state index is 0.0104. The number of rotatable bonds is 1. The average Bonchev–Trinajstić information content (AvgIpc) is 1.65. The summed E-state index contributed by atoms with van der Waals surface area (Å²) < 4.78 is 0. The molecular formula is C8H14O. The standard InChI is InChI=1S/C8H14O/c1-5-7(6-9)8(2,3)4/h5-6H,1-4H3/b7-5-. The topological polar surface area (TPSA) is 17.1 Å². The molecule has 0 heterocycles. The molecular weight excluding hydrogens is 112 g/mol. The zero-order chi connectivity index (χ0) is 7.49. The molecule has 0 saturated carbocycles. The van der Waals surface area contributed by atoms with Crippen LogP contribution in [0.25, 0.3) is 0 Å². The Kier molecular flexibility index (Phi) is 2.63. The number of carbonyl (C=O) groups is 1. The van der Waals surface area contributed by atoms with Gasteiger partial charge in [0.1, 0.15) is 6.29 Å². The van der Waals surface area contributed by atoms with Gasteiger partial charge in [-0.25, -0.2) is 0 Å². The summed E-state index contributed by atoms with van der Waals surface area (Å²) in [4.78, 5) is 10.3. The molecule has 1 heteroatoms. The normalized spacial score (nSPS) is 13.6. The van der Waals surface area contributed by atoms with E-state index in [9.17, 15) is 4.79 Å². The Morgan fingerprint density at radius 3 is 1.78 bits per heavy atom. The van der Waals surface area contributed by atoms with Gasteiger partial charge in [-0.15, -0.1) is 0 Å². The Balaban J connectivity index is 4.32. The minimum atomic E-state index is 0.0104. The van der Waals surface area contributed by atoms with Crippen LogP contribution in [0.1, 0.15) is 27.7 Å². The summed E-state index contributed by atoms with van der Waals surface area (Å²) in [7, 11) is 0. The van der Waals surface area contributed by atoms with Gasteiger partial charge in [0.15, 0.2) is 0 Å². The number of aldehydes is 1. The molecule has 0 radical (unpaired) electrons. The van der Waals surface area contributed by atoms with E-state index in [0.717, 1.165) is 11.9 Å². The summed E-state index contributed by atoms with van der Waals surface area (Å²) >= 11 is 0. The van der Waals surface area contributed by atoms with Crippen molar-refractivity contribution >= 4 is 6.29 Å². The summed E-state index contributed by atoms with van der Waals surface area (Å²) in [5.41, 5.74) is 0.874. The van der Waals surface area contributed by atoms with Crippen molar-refractivity contribution in [2.24, 2.45) is 5.41 Å². The van der Waals surface area contributed by atoms with Gasteiger partial charge < -0.3 is 0 Å². The van der Waals surface area contributed by atoms with Gasteiger partial charge in [0, 0.05) is 0 Å². The molecule has 0 saturated heterocycles. The van der Waals surface area contributed by atoms with Crippen molar-refractivity contribution < 1.29 is 4.79 Å². The molecule has 0 aliphatic heterocycles. The zero-order valence-corrected chi connectivity index (χ0v) is 6.56. The Morgan fingerprint density at radius 1 is 1.33 bits per heavy atom. The first kappa shape index (κ1) is 8.41. The SMILES string of the molecule is C/C=C(/C=O)C(C)(C)C.